The number of aromatic nitrogens is 2. The van der Waals surface area contributed by atoms with Gasteiger partial charge in [0.1, 0.15) is 30.3 Å². The predicted octanol–water partition coefficient (Wildman–Crippen LogP) is 0.897. The molecular formula is C22H28N5O3S2+. The maximum absolute atomic E-state index is 11.5. The van der Waals surface area contributed by atoms with Gasteiger partial charge in [-0.3, -0.25) is 0 Å². The Morgan fingerprint density at radius 1 is 1.12 bits per heavy atom. The molecule has 1 aliphatic heterocycles. The zero-order valence-corrected chi connectivity index (χ0v) is 19.5. The largest absolute Gasteiger partial charge is 0.370 e. The van der Waals surface area contributed by atoms with E-state index in [0.717, 1.165) is 74.1 Å². The van der Waals surface area contributed by atoms with Crippen molar-refractivity contribution >= 4 is 37.4 Å². The second-order valence-corrected chi connectivity index (χ2v) is 11.1. The number of aryl methyl sites for hydroxylation is 2. The molecule has 1 saturated heterocycles. The molecule has 1 aromatic carbocycles. The first kappa shape index (κ1) is 21.7. The highest BCUT2D eigenvalue weighted by Gasteiger charge is 2.24. The fourth-order valence-electron chi connectivity index (χ4n) is 4.48. The van der Waals surface area contributed by atoms with Gasteiger partial charge in [0.2, 0.25) is 10.0 Å². The molecule has 3 aromatic rings. The van der Waals surface area contributed by atoms with Crippen LogP contribution in [0.3, 0.4) is 0 Å². The second-order valence-electron chi connectivity index (χ2n) is 8.43. The van der Waals surface area contributed by atoms with Crippen LogP contribution in [0.25, 0.3) is 10.2 Å². The van der Waals surface area contributed by atoms with Gasteiger partial charge in [-0.1, -0.05) is 12.1 Å². The number of nitrogens with zero attached hydrogens (tertiary/aromatic N) is 2. The van der Waals surface area contributed by atoms with Gasteiger partial charge in [0.15, 0.2) is 5.82 Å². The van der Waals surface area contributed by atoms with Crippen LogP contribution in [0.15, 0.2) is 29.2 Å². The number of hydrogen-bond donors (Lipinski definition) is 3. The van der Waals surface area contributed by atoms with Crippen molar-refractivity contribution < 1.29 is 18.1 Å². The third-order valence-corrected chi connectivity index (χ3v) is 8.29. The Labute approximate surface area is 191 Å². The quantitative estimate of drug-likeness (QED) is 0.469. The summed E-state index contributed by atoms with van der Waals surface area (Å²) in [7, 11) is -3.67. The van der Waals surface area contributed by atoms with Crippen molar-refractivity contribution in [3.05, 3.63) is 46.1 Å². The van der Waals surface area contributed by atoms with Gasteiger partial charge in [0.25, 0.3) is 0 Å². The molecule has 0 atom stereocenters. The molecule has 0 spiro atoms. The molecule has 0 saturated carbocycles. The summed E-state index contributed by atoms with van der Waals surface area (Å²) < 4.78 is 28.4. The molecule has 5 rings (SSSR count). The SMILES string of the molecule is NS(=O)(=O)c1ccc(CCNc2nc(C[NH+]3CCOCC3)nc3sc4c(c23)CCC4)cc1. The Kier molecular flexibility index (Phi) is 6.13. The Morgan fingerprint density at radius 2 is 1.91 bits per heavy atom. The van der Waals surface area contributed by atoms with E-state index in [1.54, 1.807) is 12.1 Å². The van der Waals surface area contributed by atoms with Gasteiger partial charge in [-0.15, -0.1) is 11.3 Å². The molecule has 0 radical (unpaired) electrons. The summed E-state index contributed by atoms with van der Waals surface area (Å²) in [5.41, 5.74) is 2.46. The molecule has 4 N–H and O–H groups in total. The van der Waals surface area contributed by atoms with E-state index >= 15 is 0 Å². The molecule has 1 fully saturated rings. The Bertz CT molecular complexity index is 1220. The number of benzene rings is 1. The average molecular weight is 475 g/mol. The summed E-state index contributed by atoms with van der Waals surface area (Å²) in [6.07, 6.45) is 4.19. The summed E-state index contributed by atoms with van der Waals surface area (Å²) in [6, 6.07) is 6.74. The smallest absolute Gasteiger partial charge is 0.238 e. The molecule has 10 heteroatoms. The molecule has 0 unspecified atom stereocenters. The average Bonchev–Trinajstić information content (AvgIpc) is 3.35. The van der Waals surface area contributed by atoms with Crippen LogP contribution < -0.4 is 15.4 Å². The summed E-state index contributed by atoms with van der Waals surface area (Å²) in [4.78, 5) is 14.0. The number of anilines is 1. The first-order valence-electron chi connectivity index (χ1n) is 11.1. The lowest BCUT2D eigenvalue weighted by molar-refractivity contribution is -0.922. The first-order valence-corrected chi connectivity index (χ1v) is 13.4. The maximum atomic E-state index is 11.5. The van der Waals surface area contributed by atoms with Gasteiger partial charge < -0.3 is 15.0 Å². The standard InChI is InChI=1S/C22H27N5O3S2/c23-32(28,29)16-6-4-15(5-7-16)8-9-24-21-20-17-2-1-3-18(17)31-22(20)26-19(25-21)14-27-10-12-30-13-11-27/h4-7H,1-3,8-14H2,(H2,23,28,29)(H,24,25,26)/p+1. The third kappa shape index (κ3) is 4.65. The number of fused-ring (bicyclic) bond motifs is 3. The summed E-state index contributed by atoms with van der Waals surface area (Å²) in [5, 5.41) is 9.93. The molecule has 0 amide bonds. The van der Waals surface area contributed by atoms with E-state index in [0.29, 0.717) is 6.54 Å². The highest BCUT2D eigenvalue weighted by Crippen LogP contribution is 2.39. The van der Waals surface area contributed by atoms with Gasteiger partial charge >= 0.3 is 0 Å². The number of morpholine rings is 1. The minimum absolute atomic E-state index is 0.135. The Morgan fingerprint density at radius 3 is 2.66 bits per heavy atom. The fourth-order valence-corrected chi connectivity index (χ4v) is 6.27. The van der Waals surface area contributed by atoms with Gasteiger partial charge in [-0.25, -0.2) is 23.5 Å². The number of ether oxygens (including phenoxy) is 1. The molecule has 2 aromatic heterocycles. The normalized spacial score (nSPS) is 17.0. The van der Waals surface area contributed by atoms with Gasteiger partial charge in [-0.05, 0) is 48.9 Å². The van der Waals surface area contributed by atoms with E-state index in [1.165, 1.54) is 27.1 Å². The lowest BCUT2D eigenvalue weighted by Gasteiger charge is -2.23. The highest BCUT2D eigenvalue weighted by atomic mass is 32.2. The van der Waals surface area contributed by atoms with E-state index < -0.39 is 10.0 Å². The van der Waals surface area contributed by atoms with Crippen molar-refractivity contribution in [2.24, 2.45) is 5.14 Å². The Balaban J connectivity index is 1.35. The zero-order valence-electron chi connectivity index (χ0n) is 17.9. The van der Waals surface area contributed by atoms with Gasteiger partial charge in [0, 0.05) is 11.4 Å². The van der Waals surface area contributed by atoms with E-state index in [9.17, 15) is 8.42 Å². The number of thiophene rings is 1. The number of quaternary nitrogens is 1. The molecule has 8 nitrogen and oxygen atoms in total. The fraction of sp³-hybridized carbons (Fsp3) is 0.455. The summed E-state index contributed by atoms with van der Waals surface area (Å²) in [6.45, 7) is 5.07. The molecule has 0 bridgehead atoms. The zero-order chi connectivity index (χ0) is 22.1. The minimum Gasteiger partial charge on any atom is -0.370 e. The van der Waals surface area contributed by atoms with Crippen molar-refractivity contribution in [2.45, 2.75) is 37.1 Å². The van der Waals surface area contributed by atoms with E-state index in [1.807, 2.05) is 23.5 Å². The lowest BCUT2D eigenvalue weighted by Crippen LogP contribution is -3.12. The number of nitrogens with one attached hydrogen (secondary N) is 2. The third-order valence-electron chi connectivity index (χ3n) is 6.18. The van der Waals surface area contributed by atoms with Crippen LogP contribution in [0.5, 0.6) is 0 Å². The van der Waals surface area contributed by atoms with E-state index in [2.05, 4.69) is 5.32 Å². The predicted molar refractivity (Wildman–Crippen MR) is 125 cm³/mol. The van der Waals surface area contributed by atoms with Crippen molar-refractivity contribution in [3.63, 3.8) is 0 Å². The molecule has 170 valence electrons. The number of hydrogen-bond acceptors (Lipinski definition) is 7. The molecule has 1 aliphatic carbocycles. The minimum atomic E-state index is -3.67. The van der Waals surface area contributed by atoms with Crippen molar-refractivity contribution in [1.82, 2.24) is 9.97 Å². The number of rotatable bonds is 7. The maximum Gasteiger partial charge on any atom is 0.238 e. The summed E-state index contributed by atoms with van der Waals surface area (Å²) in [5.74, 6) is 1.81. The molecule has 2 aliphatic rings. The van der Waals surface area contributed by atoms with Gasteiger partial charge in [0.05, 0.1) is 23.5 Å². The van der Waals surface area contributed by atoms with E-state index in [-0.39, 0.29) is 4.90 Å². The molecule has 32 heavy (non-hydrogen) atoms. The van der Waals surface area contributed by atoms with Crippen molar-refractivity contribution in [3.8, 4) is 0 Å². The number of sulfonamides is 1. The van der Waals surface area contributed by atoms with Crippen LogP contribution >= 0.6 is 11.3 Å². The second kappa shape index (κ2) is 9.03. The van der Waals surface area contributed by atoms with Crippen LogP contribution in [-0.4, -0.2) is 51.2 Å². The van der Waals surface area contributed by atoms with Crippen LogP contribution in [0.1, 0.15) is 28.2 Å². The number of nitrogens with two attached hydrogens (primary N) is 1. The monoisotopic (exact) mass is 474 g/mol. The highest BCUT2D eigenvalue weighted by molar-refractivity contribution is 7.89. The van der Waals surface area contributed by atoms with Crippen molar-refractivity contribution in [1.29, 1.82) is 0 Å². The van der Waals surface area contributed by atoms with Crippen molar-refractivity contribution in [2.75, 3.05) is 38.2 Å². The van der Waals surface area contributed by atoms with Crippen LogP contribution in [-0.2, 0) is 40.6 Å². The first-order chi connectivity index (χ1) is 15.5. The lowest BCUT2D eigenvalue weighted by atomic mass is 10.1. The Hall–Kier alpha value is -2.11. The van der Waals surface area contributed by atoms with Crippen LogP contribution in [0, 0.1) is 0 Å². The van der Waals surface area contributed by atoms with Gasteiger partial charge in [-0.2, -0.15) is 0 Å². The topological polar surface area (TPSA) is 112 Å². The van der Waals surface area contributed by atoms with E-state index in [4.69, 9.17) is 19.8 Å². The molecular weight excluding hydrogens is 446 g/mol. The van der Waals surface area contributed by atoms with Crippen LogP contribution in [0.2, 0.25) is 0 Å². The van der Waals surface area contributed by atoms with Crippen LogP contribution in [0.4, 0.5) is 5.82 Å². The summed E-state index contributed by atoms with van der Waals surface area (Å²) >= 11 is 1.82. The molecule has 3 heterocycles. The number of primary sulfonamides is 1.